The van der Waals surface area contributed by atoms with Crippen LogP contribution in [0.15, 0.2) is 120 Å². The number of hydrazine groups is 2. The number of likely N-dealkylation sites (N-methyl/N-ethyl adjacent to an activating group) is 1. The molecular weight excluding hydrogens is 604 g/mol. The predicted octanol–water partition coefficient (Wildman–Crippen LogP) is 5.69. The Morgan fingerprint density at radius 3 is 2.52 bits per heavy atom. The molecule has 11 heteroatoms. The highest BCUT2D eigenvalue weighted by Gasteiger charge is 2.32. The molecule has 0 radical (unpaired) electrons. The molecule has 11 nitrogen and oxygen atoms in total. The van der Waals surface area contributed by atoms with Crippen molar-refractivity contribution in [3.8, 4) is 22.6 Å². The first-order valence-corrected chi connectivity index (χ1v) is 16.0. The van der Waals surface area contributed by atoms with Crippen molar-refractivity contribution < 1.29 is 18.9 Å². The summed E-state index contributed by atoms with van der Waals surface area (Å²) in [7, 11) is 2.10. The summed E-state index contributed by atoms with van der Waals surface area (Å²) >= 11 is 0. The van der Waals surface area contributed by atoms with Crippen molar-refractivity contribution in [2.24, 2.45) is 0 Å². The van der Waals surface area contributed by atoms with Crippen LogP contribution in [0, 0.1) is 0 Å². The molecule has 7 rings (SSSR count). The monoisotopic (exact) mass is 643 g/mol. The van der Waals surface area contributed by atoms with Crippen LogP contribution in [0.1, 0.15) is 25.0 Å². The van der Waals surface area contributed by atoms with E-state index in [0.29, 0.717) is 13.2 Å². The maximum Gasteiger partial charge on any atom is 0.287 e. The Morgan fingerprint density at radius 2 is 1.73 bits per heavy atom. The highest BCUT2D eigenvalue weighted by molar-refractivity contribution is 5.90. The van der Waals surface area contributed by atoms with Gasteiger partial charge in [-0.05, 0) is 60.2 Å². The van der Waals surface area contributed by atoms with E-state index in [1.165, 1.54) is 12.5 Å². The molecule has 4 aromatic rings. The summed E-state index contributed by atoms with van der Waals surface area (Å²) in [5.41, 5.74) is 14.4. The molecule has 3 aliphatic heterocycles. The first kappa shape index (κ1) is 30.9. The third kappa shape index (κ3) is 6.41. The third-order valence-corrected chi connectivity index (χ3v) is 8.16. The molecule has 1 amide bonds. The van der Waals surface area contributed by atoms with Gasteiger partial charge in [-0.25, -0.2) is 0 Å². The van der Waals surface area contributed by atoms with Gasteiger partial charge in [0.1, 0.15) is 11.9 Å². The van der Waals surface area contributed by atoms with E-state index in [2.05, 4.69) is 76.0 Å². The minimum Gasteiger partial charge on any atom is -0.494 e. The van der Waals surface area contributed by atoms with Crippen molar-refractivity contribution in [2.75, 3.05) is 35.8 Å². The summed E-state index contributed by atoms with van der Waals surface area (Å²) in [6.07, 6.45) is 2.05. The number of amides is 1. The van der Waals surface area contributed by atoms with E-state index < -0.39 is 0 Å². The van der Waals surface area contributed by atoms with Gasteiger partial charge in [-0.15, -0.1) is 0 Å². The number of aromatic nitrogens is 2. The molecule has 0 saturated heterocycles. The first-order chi connectivity index (χ1) is 23.5. The van der Waals surface area contributed by atoms with Crippen LogP contribution in [0.4, 0.5) is 17.3 Å². The Hall–Kier alpha value is -5.78. The number of rotatable bonds is 12. The highest BCUT2D eigenvalue weighted by atomic mass is 16.6. The smallest absolute Gasteiger partial charge is 0.287 e. The molecule has 0 atom stereocenters. The van der Waals surface area contributed by atoms with E-state index in [9.17, 15) is 4.79 Å². The Kier molecular flexibility index (Phi) is 8.69. The minimum absolute atomic E-state index is 0.110. The van der Waals surface area contributed by atoms with Gasteiger partial charge >= 0.3 is 0 Å². The molecule has 0 bridgehead atoms. The maximum absolute atomic E-state index is 11.7. The number of benzene rings is 3. The number of hydrogen-bond acceptors (Lipinski definition) is 8. The molecule has 4 heterocycles. The largest absolute Gasteiger partial charge is 0.494 e. The van der Waals surface area contributed by atoms with Crippen molar-refractivity contribution in [2.45, 2.75) is 26.9 Å². The van der Waals surface area contributed by atoms with E-state index in [1.807, 2.05) is 88.1 Å². The molecule has 0 unspecified atom stereocenters. The highest BCUT2D eigenvalue weighted by Crippen LogP contribution is 2.35. The van der Waals surface area contributed by atoms with Crippen LogP contribution >= 0.6 is 0 Å². The second-order valence-electron chi connectivity index (χ2n) is 11.8. The molecule has 0 aliphatic carbocycles. The van der Waals surface area contributed by atoms with Crippen LogP contribution in [0.2, 0.25) is 0 Å². The summed E-state index contributed by atoms with van der Waals surface area (Å²) < 4.78 is 16.1. The summed E-state index contributed by atoms with van der Waals surface area (Å²) in [6.45, 7) is 6.20. The predicted molar refractivity (Wildman–Crippen MR) is 187 cm³/mol. The minimum atomic E-state index is -0.110. The van der Waals surface area contributed by atoms with Gasteiger partial charge in [0.2, 0.25) is 11.7 Å². The van der Waals surface area contributed by atoms with Gasteiger partial charge in [0.25, 0.3) is 5.82 Å². The van der Waals surface area contributed by atoms with E-state index in [-0.39, 0.29) is 5.91 Å². The lowest BCUT2D eigenvalue weighted by Gasteiger charge is -2.16. The first-order valence-electron chi connectivity index (χ1n) is 16.0. The molecule has 0 saturated carbocycles. The van der Waals surface area contributed by atoms with Gasteiger partial charge in [0.05, 0.1) is 17.9 Å². The lowest BCUT2D eigenvalue weighted by molar-refractivity contribution is -0.790. The van der Waals surface area contributed by atoms with E-state index >= 15 is 0 Å². The SMILES string of the molecule is CCOc1ccccc1CNc1ccc2c(-c3ccc(NC(C)=O)cc3)c3ccc(N4C=C(CN(C)Cc5ccccc5)NN4)[n+]-3on12. The number of nitrogens with zero attached hydrogens (tertiary/aromatic N) is 4. The number of carbonyl (C=O) groups is 1. The number of ether oxygens (including phenoxy) is 1. The van der Waals surface area contributed by atoms with Gasteiger partial charge in [-0.3, -0.25) is 15.1 Å². The number of para-hydroxylation sites is 1. The zero-order chi connectivity index (χ0) is 33.0. The van der Waals surface area contributed by atoms with Gasteiger partial charge < -0.3 is 15.4 Å². The summed E-state index contributed by atoms with van der Waals surface area (Å²) in [5.74, 6) is 2.32. The maximum atomic E-state index is 11.7. The number of nitrogens with one attached hydrogen (secondary N) is 4. The summed E-state index contributed by atoms with van der Waals surface area (Å²) in [6, 6.07) is 34.5. The molecule has 0 spiro atoms. The van der Waals surface area contributed by atoms with Crippen molar-refractivity contribution in [1.29, 1.82) is 0 Å². The standard InChI is InChI=1S/C37H38N8O3/c1-4-47-34-13-9-8-12-29(34)22-38-35-20-18-32-37(28-14-16-30(17-15-28)39-26(2)46)33-19-21-36(45(33)48-44(32)35)43-25-31(40-41-43)24-42(3)23-27-10-6-5-7-11-27/h5-21,25,40-41H,4,22-24H2,1-3H3,(H,38,39,46)/p+1. The van der Waals surface area contributed by atoms with E-state index in [1.54, 1.807) is 0 Å². The Morgan fingerprint density at radius 1 is 0.938 bits per heavy atom. The van der Waals surface area contributed by atoms with Gasteiger partial charge in [0.15, 0.2) is 11.2 Å². The van der Waals surface area contributed by atoms with E-state index in [0.717, 1.165) is 69.8 Å². The quantitative estimate of drug-likeness (QED) is 0.126. The van der Waals surface area contributed by atoms with Crippen molar-refractivity contribution in [1.82, 2.24) is 20.4 Å². The molecule has 3 aliphatic rings. The molecule has 1 aromatic heterocycles. The molecule has 0 fully saturated rings. The fraction of sp³-hybridized carbons (Fsp3) is 0.189. The second kappa shape index (κ2) is 13.5. The van der Waals surface area contributed by atoms with Crippen LogP contribution in [-0.4, -0.2) is 35.6 Å². The number of hydrogen-bond donors (Lipinski definition) is 4. The Balaban J connectivity index is 1.23. The third-order valence-electron chi connectivity index (χ3n) is 8.16. The lowest BCUT2D eigenvalue weighted by Crippen LogP contribution is -2.44. The Bertz CT molecular complexity index is 2030. The molecular formula is C37H39N8O3+. The number of carbonyl (C=O) groups excluding carboxylic acids is 1. The molecule has 48 heavy (non-hydrogen) atoms. The lowest BCUT2D eigenvalue weighted by atomic mass is 10.0. The zero-order valence-electron chi connectivity index (χ0n) is 27.2. The Labute approximate surface area is 279 Å². The fourth-order valence-electron chi connectivity index (χ4n) is 6.05. The van der Waals surface area contributed by atoms with Gasteiger partial charge in [-0.1, -0.05) is 70.8 Å². The van der Waals surface area contributed by atoms with Gasteiger partial charge in [-0.2, -0.15) is 9.64 Å². The zero-order valence-corrected chi connectivity index (χ0v) is 27.2. The van der Waals surface area contributed by atoms with E-state index in [4.69, 9.17) is 9.37 Å². The van der Waals surface area contributed by atoms with Crippen LogP contribution in [0.3, 0.4) is 0 Å². The molecule has 4 N–H and O–H groups in total. The summed E-state index contributed by atoms with van der Waals surface area (Å²) in [4.78, 5) is 13.9. The topological polar surface area (TPSA) is 102 Å². The van der Waals surface area contributed by atoms with Gasteiger partial charge in [0, 0.05) is 49.9 Å². The summed E-state index contributed by atoms with van der Waals surface area (Å²) in [5, 5.41) is 8.34. The van der Waals surface area contributed by atoms with Crippen molar-refractivity contribution in [3.63, 3.8) is 0 Å². The van der Waals surface area contributed by atoms with Crippen molar-refractivity contribution >= 4 is 28.7 Å². The molecule has 3 aromatic carbocycles. The van der Waals surface area contributed by atoms with Crippen LogP contribution in [-0.2, 0) is 17.9 Å². The van der Waals surface area contributed by atoms with Crippen LogP contribution in [0.5, 0.6) is 5.75 Å². The number of fused-ring (bicyclic) bond motifs is 2. The van der Waals surface area contributed by atoms with Crippen LogP contribution in [0.25, 0.3) is 22.3 Å². The second-order valence-corrected chi connectivity index (χ2v) is 11.8. The van der Waals surface area contributed by atoms with Crippen molar-refractivity contribution in [3.05, 3.63) is 126 Å². The molecule has 244 valence electrons. The average molecular weight is 644 g/mol. The normalized spacial score (nSPS) is 12.8. The number of anilines is 3. The fourth-order valence-corrected chi connectivity index (χ4v) is 6.05. The van der Waals surface area contributed by atoms with Crippen LogP contribution < -0.4 is 36.1 Å². The average Bonchev–Trinajstić information content (AvgIpc) is 3.83.